The number of carboxylic acid groups (broad SMARTS) is 1. The van der Waals surface area contributed by atoms with E-state index in [1.165, 1.54) is 12.1 Å². The minimum Gasteiger partial charge on any atom is -0.476 e. The lowest BCUT2D eigenvalue weighted by Gasteiger charge is -2.50. The first-order valence-corrected chi connectivity index (χ1v) is 13.3. The first-order valence-electron chi connectivity index (χ1n) is 13.3. The van der Waals surface area contributed by atoms with Crippen molar-refractivity contribution in [2.45, 2.75) is 56.8 Å². The van der Waals surface area contributed by atoms with Crippen LogP contribution in [-0.2, 0) is 12.4 Å². The van der Waals surface area contributed by atoms with E-state index in [9.17, 15) is 31.1 Å². The van der Waals surface area contributed by atoms with Gasteiger partial charge in [0.1, 0.15) is 11.5 Å². The van der Waals surface area contributed by atoms with Gasteiger partial charge in [-0.2, -0.15) is 26.3 Å². The summed E-state index contributed by atoms with van der Waals surface area (Å²) < 4.78 is 87.2. The summed E-state index contributed by atoms with van der Waals surface area (Å²) in [6, 6.07) is 6.16. The predicted molar refractivity (Wildman–Crippen MR) is 136 cm³/mol. The summed E-state index contributed by atoms with van der Waals surface area (Å²) in [6.07, 6.45) is -1.68. The number of hydrogen-bond acceptors (Lipinski definition) is 5. The van der Waals surface area contributed by atoms with Crippen LogP contribution in [0.1, 0.15) is 77.4 Å². The van der Waals surface area contributed by atoms with Gasteiger partial charge in [0.2, 0.25) is 0 Å². The Bertz CT molecular complexity index is 1520. The van der Waals surface area contributed by atoms with Crippen molar-refractivity contribution in [3.8, 4) is 11.3 Å². The van der Waals surface area contributed by atoms with Crippen molar-refractivity contribution in [2.75, 3.05) is 18.0 Å². The lowest BCUT2D eigenvalue weighted by molar-refractivity contribution is -0.138. The van der Waals surface area contributed by atoms with Gasteiger partial charge in [0.15, 0.2) is 5.69 Å². The van der Waals surface area contributed by atoms with Crippen molar-refractivity contribution in [3.05, 3.63) is 70.2 Å². The van der Waals surface area contributed by atoms with Gasteiger partial charge in [0.25, 0.3) is 0 Å². The van der Waals surface area contributed by atoms with Gasteiger partial charge >= 0.3 is 18.3 Å². The molecule has 3 heterocycles. The Hall–Kier alpha value is -3.83. The van der Waals surface area contributed by atoms with Gasteiger partial charge in [-0.05, 0) is 62.1 Å². The number of aromatic carboxylic acids is 1. The molecule has 3 fully saturated rings. The van der Waals surface area contributed by atoms with Crippen LogP contribution in [0, 0.1) is 5.41 Å². The number of allylic oxidation sites excluding steroid dienone is 1. The Morgan fingerprint density at radius 3 is 2.29 bits per heavy atom. The monoisotopic (exact) mass is 577 g/mol. The van der Waals surface area contributed by atoms with E-state index in [2.05, 4.69) is 10.1 Å². The second kappa shape index (κ2) is 9.63. The van der Waals surface area contributed by atoms with Gasteiger partial charge < -0.3 is 14.5 Å². The SMILES string of the molecule is O=C(O)c1ncc(N2CCC3(CC2)CC(=Cc2c(-c4ccccc4C(F)(F)F)noc2C2CC2)C3)cc1C(F)(F)F. The number of piperidine rings is 1. The van der Waals surface area contributed by atoms with Gasteiger partial charge in [-0.1, -0.05) is 28.9 Å². The average molecular weight is 578 g/mol. The van der Waals surface area contributed by atoms with Crippen LogP contribution in [-0.4, -0.2) is 34.3 Å². The van der Waals surface area contributed by atoms with Crippen molar-refractivity contribution in [3.63, 3.8) is 0 Å². The highest BCUT2D eigenvalue weighted by Crippen LogP contribution is 2.54. The Balaban J connectivity index is 1.20. The molecule has 0 bridgehead atoms. The molecule has 3 aliphatic rings. The van der Waals surface area contributed by atoms with Crippen molar-refractivity contribution < 1.29 is 40.8 Å². The van der Waals surface area contributed by atoms with Crippen molar-refractivity contribution in [1.29, 1.82) is 0 Å². The van der Waals surface area contributed by atoms with E-state index >= 15 is 0 Å². The van der Waals surface area contributed by atoms with E-state index < -0.39 is 35.1 Å². The second-order valence-corrected chi connectivity index (χ2v) is 11.2. The molecule has 41 heavy (non-hydrogen) atoms. The zero-order chi connectivity index (χ0) is 29.2. The third kappa shape index (κ3) is 5.19. The fourth-order valence-electron chi connectivity index (χ4n) is 6.04. The van der Waals surface area contributed by atoms with E-state index in [0.29, 0.717) is 37.3 Å². The minimum absolute atomic E-state index is 0.0226. The molecule has 1 saturated heterocycles. The largest absolute Gasteiger partial charge is 0.476 e. The van der Waals surface area contributed by atoms with Gasteiger partial charge in [0.05, 0.1) is 23.0 Å². The van der Waals surface area contributed by atoms with Gasteiger partial charge in [-0.15, -0.1) is 0 Å². The van der Waals surface area contributed by atoms with Crippen molar-refractivity contribution in [2.24, 2.45) is 5.41 Å². The normalized spacial score (nSPS) is 18.9. The summed E-state index contributed by atoms with van der Waals surface area (Å²) in [5.74, 6) is -0.989. The first-order chi connectivity index (χ1) is 19.3. The number of anilines is 1. The van der Waals surface area contributed by atoms with Crippen LogP contribution in [0.15, 0.2) is 46.6 Å². The van der Waals surface area contributed by atoms with Crippen molar-refractivity contribution in [1.82, 2.24) is 10.1 Å². The fourth-order valence-corrected chi connectivity index (χ4v) is 6.04. The molecule has 0 unspecified atom stereocenters. The van der Waals surface area contributed by atoms with Crippen LogP contribution >= 0.6 is 0 Å². The van der Waals surface area contributed by atoms with Gasteiger partial charge in [-0.25, -0.2) is 9.78 Å². The number of rotatable bonds is 5. The highest BCUT2D eigenvalue weighted by atomic mass is 19.4. The predicted octanol–water partition coefficient (Wildman–Crippen LogP) is 7.81. The molecule has 0 radical (unpaired) electrons. The van der Waals surface area contributed by atoms with Crippen LogP contribution in [0.25, 0.3) is 17.3 Å². The number of benzene rings is 1. The van der Waals surface area contributed by atoms with E-state index in [1.807, 2.05) is 6.08 Å². The van der Waals surface area contributed by atoms with E-state index in [-0.39, 0.29) is 28.3 Å². The molecule has 2 saturated carbocycles. The number of carbonyl (C=O) groups is 1. The Morgan fingerprint density at radius 2 is 1.68 bits per heavy atom. The van der Waals surface area contributed by atoms with Gasteiger partial charge in [0, 0.05) is 30.1 Å². The molecule has 1 spiro atoms. The molecule has 216 valence electrons. The standard InChI is InChI=1S/C29H25F6N3O3/c30-28(31,32)21-4-2-1-3-19(21)23-20(25(41-37-23)17-5-6-17)11-16-13-27(14-16)7-9-38(10-8-27)18-12-22(29(33,34)35)24(26(39)40)36-15-18/h1-4,11-12,15,17H,5-10,13-14H2,(H,39,40). The van der Waals surface area contributed by atoms with E-state index in [0.717, 1.165) is 49.6 Å². The molecule has 6 nitrogen and oxygen atoms in total. The van der Waals surface area contributed by atoms with Crippen LogP contribution in [0.3, 0.4) is 0 Å². The Kier molecular flexibility index (Phi) is 6.42. The summed E-state index contributed by atoms with van der Waals surface area (Å²) in [7, 11) is 0. The zero-order valence-corrected chi connectivity index (χ0v) is 21.6. The number of hydrogen-bond donors (Lipinski definition) is 1. The highest BCUT2D eigenvalue weighted by molar-refractivity contribution is 5.87. The summed E-state index contributed by atoms with van der Waals surface area (Å²) in [6.45, 7) is 0.951. The maximum Gasteiger partial charge on any atom is 0.418 e. The van der Waals surface area contributed by atoms with Crippen LogP contribution < -0.4 is 4.90 Å². The number of carboxylic acids is 1. The maximum atomic E-state index is 13.7. The number of alkyl halides is 6. The van der Waals surface area contributed by atoms with Crippen LogP contribution in [0.5, 0.6) is 0 Å². The highest BCUT2D eigenvalue weighted by Gasteiger charge is 2.44. The fraction of sp³-hybridized carbons (Fsp3) is 0.414. The molecule has 1 N–H and O–H groups in total. The Morgan fingerprint density at radius 1 is 1.02 bits per heavy atom. The number of nitrogens with zero attached hydrogens (tertiary/aromatic N) is 3. The Labute approximate surface area is 230 Å². The number of pyridine rings is 1. The van der Waals surface area contributed by atoms with Crippen LogP contribution in [0.2, 0.25) is 0 Å². The second-order valence-electron chi connectivity index (χ2n) is 11.2. The molecular formula is C29H25F6N3O3. The third-order valence-corrected chi connectivity index (χ3v) is 8.31. The van der Waals surface area contributed by atoms with Crippen LogP contribution in [0.4, 0.5) is 32.0 Å². The smallest absolute Gasteiger partial charge is 0.418 e. The molecule has 12 heteroatoms. The first kappa shape index (κ1) is 27.3. The molecule has 1 aliphatic heterocycles. The molecule has 0 amide bonds. The number of halogens is 6. The quantitative estimate of drug-likeness (QED) is 0.312. The number of aromatic nitrogens is 2. The third-order valence-electron chi connectivity index (χ3n) is 8.31. The van der Waals surface area contributed by atoms with Crippen molar-refractivity contribution >= 4 is 17.7 Å². The van der Waals surface area contributed by atoms with Gasteiger partial charge in [-0.3, -0.25) is 0 Å². The molecular weight excluding hydrogens is 552 g/mol. The zero-order valence-electron chi connectivity index (χ0n) is 21.6. The lowest BCUT2D eigenvalue weighted by atomic mass is 9.60. The minimum atomic E-state index is -4.85. The lowest BCUT2D eigenvalue weighted by Crippen LogP contribution is -2.44. The molecule has 6 rings (SSSR count). The maximum absolute atomic E-state index is 13.7. The molecule has 2 aliphatic carbocycles. The summed E-state index contributed by atoms with van der Waals surface area (Å²) >= 11 is 0. The summed E-state index contributed by atoms with van der Waals surface area (Å²) in [5, 5.41) is 13.2. The average Bonchev–Trinajstić information content (AvgIpc) is 3.66. The molecule has 2 aromatic heterocycles. The summed E-state index contributed by atoms with van der Waals surface area (Å²) in [5.41, 5.74) is -1.08. The summed E-state index contributed by atoms with van der Waals surface area (Å²) in [4.78, 5) is 16.6. The van der Waals surface area contributed by atoms with E-state index in [4.69, 9.17) is 9.63 Å². The molecule has 1 aromatic carbocycles. The molecule has 3 aromatic rings. The topological polar surface area (TPSA) is 79.5 Å². The van der Waals surface area contributed by atoms with E-state index in [1.54, 1.807) is 11.0 Å². The molecule has 0 atom stereocenters.